The van der Waals surface area contributed by atoms with E-state index in [-0.39, 0.29) is 6.42 Å². The second-order valence-electron chi connectivity index (χ2n) is 2.20. The summed E-state index contributed by atoms with van der Waals surface area (Å²) in [5.74, 6) is -3.73. The molecule has 0 bridgehead atoms. The van der Waals surface area contributed by atoms with E-state index in [1.807, 2.05) is 0 Å². The number of aliphatic hydroxyl groups excluding tert-OH is 2. The lowest BCUT2D eigenvalue weighted by Gasteiger charge is -2.23. The monoisotopic (exact) mass is 164 g/mol. The zero-order chi connectivity index (χ0) is 9.07. The minimum Gasteiger partial charge on any atom is -0.393 e. The van der Waals surface area contributed by atoms with Crippen LogP contribution in [0.15, 0.2) is 0 Å². The molecule has 5 heteroatoms. The largest absolute Gasteiger partial charge is 0.393 e. The van der Waals surface area contributed by atoms with E-state index in [0.717, 1.165) is 0 Å². The number of rotatable bonds is 4. The molecule has 0 rings (SSSR count). The fourth-order valence-corrected chi connectivity index (χ4v) is 0.573. The third-order valence-electron chi connectivity index (χ3n) is 1.37. The molecule has 0 aliphatic rings. The van der Waals surface area contributed by atoms with Gasteiger partial charge in [-0.15, -0.1) is 0 Å². The Bertz CT molecular complexity index is 142. The summed E-state index contributed by atoms with van der Waals surface area (Å²) in [6, 6.07) is 0. The van der Waals surface area contributed by atoms with Gasteiger partial charge in [0.15, 0.2) is 5.78 Å². The molecule has 0 heterocycles. The van der Waals surface area contributed by atoms with E-state index in [2.05, 4.69) is 0 Å². The molecule has 11 heavy (non-hydrogen) atoms. The van der Waals surface area contributed by atoms with Gasteiger partial charge in [-0.05, 0) is 0 Å². The van der Waals surface area contributed by atoms with Crippen molar-refractivity contribution in [2.45, 2.75) is 25.2 Å². The Labute approximate surface area is 63.9 Å². The fraction of sp³-hybridized carbons (Fsp3) is 0.833. The molecule has 0 unspecified atom stereocenters. The molecule has 0 amide bonds. The molecular weight excluding hydrogens is 152 g/mol. The maximum atomic E-state index is 10.7. The molecule has 0 radical (unpaired) electrons. The second kappa shape index (κ2) is 3.77. The summed E-state index contributed by atoms with van der Waals surface area (Å²) in [5.41, 5.74) is 0. The number of Topliss-reactive ketones (excluding diaryl/α,β-unsaturated/α-hetero) is 1. The molecule has 1 atom stereocenters. The van der Waals surface area contributed by atoms with Gasteiger partial charge in [-0.2, -0.15) is 0 Å². The van der Waals surface area contributed by atoms with Crippen LogP contribution in [0.2, 0.25) is 0 Å². The summed E-state index contributed by atoms with van der Waals surface area (Å²) >= 11 is 0. The molecule has 5 nitrogen and oxygen atoms in total. The van der Waals surface area contributed by atoms with Crippen LogP contribution in [0.4, 0.5) is 0 Å². The number of hydrogen-bond donors (Lipinski definition) is 4. The maximum Gasteiger partial charge on any atom is 0.253 e. The van der Waals surface area contributed by atoms with E-state index >= 15 is 0 Å². The van der Waals surface area contributed by atoms with Gasteiger partial charge >= 0.3 is 0 Å². The quantitative estimate of drug-likeness (QED) is 0.360. The summed E-state index contributed by atoms with van der Waals surface area (Å²) < 4.78 is 0. The van der Waals surface area contributed by atoms with Crippen molar-refractivity contribution in [3.8, 4) is 0 Å². The minimum absolute atomic E-state index is 0.107. The van der Waals surface area contributed by atoms with Crippen LogP contribution < -0.4 is 0 Å². The van der Waals surface area contributed by atoms with E-state index < -0.39 is 24.3 Å². The predicted octanol–water partition coefficient (Wildman–Crippen LogP) is -2.00. The predicted molar refractivity (Wildman–Crippen MR) is 35.6 cm³/mol. The Morgan fingerprint density at radius 3 is 2.27 bits per heavy atom. The van der Waals surface area contributed by atoms with Gasteiger partial charge in [-0.3, -0.25) is 4.79 Å². The second-order valence-corrected chi connectivity index (χ2v) is 2.20. The van der Waals surface area contributed by atoms with Gasteiger partial charge in [0.25, 0.3) is 5.79 Å². The summed E-state index contributed by atoms with van der Waals surface area (Å²) in [6.07, 6.45) is -1.95. The first-order chi connectivity index (χ1) is 4.96. The third kappa shape index (κ3) is 2.23. The molecule has 0 saturated heterocycles. The van der Waals surface area contributed by atoms with Crippen LogP contribution in [0, 0.1) is 0 Å². The Morgan fingerprint density at radius 1 is 1.55 bits per heavy atom. The van der Waals surface area contributed by atoms with Crippen LogP contribution in [-0.4, -0.2) is 44.7 Å². The van der Waals surface area contributed by atoms with Crippen molar-refractivity contribution < 1.29 is 25.2 Å². The summed E-state index contributed by atoms with van der Waals surface area (Å²) in [5, 5.41) is 34.7. The number of hydrogen-bond acceptors (Lipinski definition) is 5. The lowest BCUT2D eigenvalue weighted by atomic mass is 10.0. The van der Waals surface area contributed by atoms with Gasteiger partial charge in [0.2, 0.25) is 0 Å². The third-order valence-corrected chi connectivity index (χ3v) is 1.37. The van der Waals surface area contributed by atoms with Gasteiger partial charge in [0, 0.05) is 6.42 Å². The highest BCUT2D eigenvalue weighted by Crippen LogP contribution is 2.09. The van der Waals surface area contributed by atoms with E-state index in [9.17, 15) is 4.79 Å². The van der Waals surface area contributed by atoms with Gasteiger partial charge in [0.05, 0.1) is 6.61 Å². The lowest BCUT2D eigenvalue weighted by molar-refractivity contribution is -0.225. The van der Waals surface area contributed by atoms with Crippen LogP contribution in [0.3, 0.4) is 0 Å². The fourth-order valence-electron chi connectivity index (χ4n) is 0.573. The molecule has 66 valence electrons. The van der Waals surface area contributed by atoms with Crippen LogP contribution in [0.25, 0.3) is 0 Å². The van der Waals surface area contributed by atoms with E-state index in [4.69, 9.17) is 20.4 Å². The Hall–Kier alpha value is -0.490. The molecular formula is C6H12O5. The van der Waals surface area contributed by atoms with Crippen molar-refractivity contribution in [1.82, 2.24) is 0 Å². The maximum absolute atomic E-state index is 10.7. The average molecular weight is 164 g/mol. The number of carbonyl (C=O) groups excluding carboxylic acids is 1. The van der Waals surface area contributed by atoms with Crippen molar-refractivity contribution in [2.24, 2.45) is 0 Å². The normalized spacial score (nSPS) is 14.6. The summed E-state index contributed by atoms with van der Waals surface area (Å²) in [6.45, 7) is 0.562. The SMILES string of the molecule is CCC(=O)C(O)(O)[C@@H](O)CO. The molecule has 0 aromatic heterocycles. The first-order valence-electron chi connectivity index (χ1n) is 3.23. The smallest absolute Gasteiger partial charge is 0.253 e. The van der Waals surface area contributed by atoms with Crippen LogP contribution >= 0.6 is 0 Å². The average Bonchev–Trinajstić information content (AvgIpc) is 2.01. The van der Waals surface area contributed by atoms with E-state index in [1.165, 1.54) is 6.92 Å². The first-order valence-corrected chi connectivity index (χ1v) is 3.23. The molecule has 0 aromatic carbocycles. The zero-order valence-electron chi connectivity index (χ0n) is 6.19. The summed E-state index contributed by atoms with van der Waals surface area (Å²) in [4.78, 5) is 10.7. The van der Waals surface area contributed by atoms with E-state index in [0.29, 0.717) is 0 Å². The highest BCUT2D eigenvalue weighted by atomic mass is 16.5. The lowest BCUT2D eigenvalue weighted by Crippen LogP contribution is -2.50. The zero-order valence-corrected chi connectivity index (χ0v) is 6.19. The minimum atomic E-state index is -2.82. The van der Waals surface area contributed by atoms with Crippen molar-refractivity contribution in [3.05, 3.63) is 0 Å². The highest BCUT2D eigenvalue weighted by molar-refractivity contribution is 5.85. The molecule has 0 aliphatic carbocycles. The molecule has 0 aromatic rings. The topological polar surface area (TPSA) is 98.0 Å². The Morgan fingerprint density at radius 2 is 2.00 bits per heavy atom. The van der Waals surface area contributed by atoms with Crippen molar-refractivity contribution in [3.63, 3.8) is 0 Å². The van der Waals surface area contributed by atoms with E-state index in [1.54, 1.807) is 0 Å². The van der Waals surface area contributed by atoms with Crippen molar-refractivity contribution in [1.29, 1.82) is 0 Å². The number of carbonyl (C=O) groups is 1. The standard InChI is InChI=1S/C6H12O5/c1-2-4(8)6(10,11)5(9)3-7/h5,7,9-11H,2-3H2,1H3/t5-/m0/s1. The molecule has 0 aliphatic heterocycles. The van der Waals surface area contributed by atoms with Gasteiger partial charge in [-0.1, -0.05) is 6.92 Å². The number of aliphatic hydroxyl groups is 4. The number of ketones is 1. The van der Waals surface area contributed by atoms with Gasteiger partial charge < -0.3 is 20.4 Å². The summed E-state index contributed by atoms with van der Waals surface area (Å²) in [7, 11) is 0. The highest BCUT2D eigenvalue weighted by Gasteiger charge is 2.39. The van der Waals surface area contributed by atoms with Crippen molar-refractivity contribution in [2.75, 3.05) is 6.61 Å². The van der Waals surface area contributed by atoms with Crippen LogP contribution in [-0.2, 0) is 4.79 Å². The Kier molecular flexibility index (Phi) is 3.61. The van der Waals surface area contributed by atoms with Crippen LogP contribution in [0.1, 0.15) is 13.3 Å². The van der Waals surface area contributed by atoms with Crippen molar-refractivity contribution >= 4 is 5.78 Å². The molecule has 0 saturated carbocycles. The first kappa shape index (κ1) is 10.5. The molecule has 0 spiro atoms. The molecule has 4 N–H and O–H groups in total. The van der Waals surface area contributed by atoms with Gasteiger partial charge in [0.1, 0.15) is 6.10 Å². The Balaban J connectivity index is 4.31. The molecule has 0 fully saturated rings. The van der Waals surface area contributed by atoms with Crippen LogP contribution in [0.5, 0.6) is 0 Å². The van der Waals surface area contributed by atoms with Gasteiger partial charge in [-0.25, -0.2) is 0 Å².